The van der Waals surface area contributed by atoms with Crippen LogP contribution in [0.1, 0.15) is 68.1 Å². The molecule has 1 aliphatic heterocycles. The molecule has 2 heterocycles. The molecule has 0 spiro atoms. The van der Waals surface area contributed by atoms with Crippen molar-refractivity contribution in [3.63, 3.8) is 0 Å². The van der Waals surface area contributed by atoms with Crippen molar-refractivity contribution in [3.05, 3.63) is 16.1 Å². The van der Waals surface area contributed by atoms with Gasteiger partial charge in [0.15, 0.2) is 0 Å². The topological polar surface area (TPSA) is 54.5 Å². The van der Waals surface area contributed by atoms with Crippen LogP contribution >= 0.6 is 11.3 Å². The average molecular weight is 352 g/mol. The lowest BCUT2D eigenvalue weighted by atomic mass is 10.1. The molecule has 5 nitrogen and oxygen atoms in total. The molecule has 3 rings (SSSR count). The summed E-state index contributed by atoms with van der Waals surface area (Å²) in [6.45, 7) is 4.04. The quantitative estimate of drug-likeness (QED) is 0.643. The maximum absolute atomic E-state index is 12.5. The van der Waals surface area contributed by atoms with Gasteiger partial charge in [-0.05, 0) is 32.6 Å². The van der Waals surface area contributed by atoms with Gasteiger partial charge in [0.25, 0.3) is 0 Å². The fourth-order valence-corrected chi connectivity index (χ4v) is 4.40. The number of nitrogens with one attached hydrogen (secondary N) is 1. The van der Waals surface area contributed by atoms with E-state index in [1.165, 1.54) is 38.5 Å². The third kappa shape index (κ3) is 4.70. The number of amides is 2. The Morgan fingerprint density at radius 3 is 2.79 bits per heavy atom. The Morgan fingerprint density at radius 1 is 1.29 bits per heavy atom. The Bertz CT molecular complexity index is 526. The van der Waals surface area contributed by atoms with Crippen LogP contribution in [0.15, 0.2) is 5.38 Å². The van der Waals surface area contributed by atoms with E-state index < -0.39 is 0 Å². The molecule has 1 N–H and O–H groups in total. The number of rotatable bonds is 5. The SMILES string of the molecule is Cc1nc(C2CCCN2C(=O)NCCOC2CCCCCC2)cs1. The van der Waals surface area contributed by atoms with E-state index in [9.17, 15) is 4.79 Å². The number of nitrogens with zero attached hydrogens (tertiary/aromatic N) is 2. The zero-order chi connectivity index (χ0) is 16.8. The number of hydrogen-bond donors (Lipinski definition) is 1. The molecule has 134 valence electrons. The molecule has 1 saturated carbocycles. The fraction of sp³-hybridized carbons (Fsp3) is 0.778. The highest BCUT2D eigenvalue weighted by Crippen LogP contribution is 2.32. The molecule has 6 heteroatoms. The highest BCUT2D eigenvalue weighted by atomic mass is 32.1. The zero-order valence-corrected chi connectivity index (χ0v) is 15.4. The lowest BCUT2D eigenvalue weighted by Gasteiger charge is -2.24. The second-order valence-electron chi connectivity index (χ2n) is 6.86. The molecule has 0 radical (unpaired) electrons. The van der Waals surface area contributed by atoms with E-state index >= 15 is 0 Å². The number of ether oxygens (including phenoxy) is 1. The summed E-state index contributed by atoms with van der Waals surface area (Å²) in [6, 6.07) is 0.158. The summed E-state index contributed by atoms with van der Waals surface area (Å²) in [7, 11) is 0. The third-order valence-electron chi connectivity index (χ3n) is 5.03. The predicted molar refractivity (Wildman–Crippen MR) is 96.4 cm³/mol. The van der Waals surface area contributed by atoms with Gasteiger partial charge in [-0.3, -0.25) is 0 Å². The number of urea groups is 1. The van der Waals surface area contributed by atoms with Crippen molar-refractivity contribution >= 4 is 17.4 Å². The van der Waals surface area contributed by atoms with Gasteiger partial charge < -0.3 is 15.0 Å². The van der Waals surface area contributed by atoms with Crippen molar-refractivity contribution in [1.82, 2.24) is 15.2 Å². The number of carbonyl (C=O) groups excluding carboxylic acids is 1. The maximum Gasteiger partial charge on any atom is 0.318 e. The average Bonchev–Trinajstić information content (AvgIpc) is 3.14. The molecule has 2 fully saturated rings. The van der Waals surface area contributed by atoms with Crippen LogP contribution in [0, 0.1) is 6.92 Å². The highest BCUT2D eigenvalue weighted by Gasteiger charge is 2.31. The lowest BCUT2D eigenvalue weighted by Crippen LogP contribution is -2.41. The second-order valence-corrected chi connectivity index (χ2v) is 7.92. The van der Waals surface area contributed by atoms with Gasteiger partial charge in [0.05, 0.1) is 29.5 Å². The largest absolute Gasteiger partial charge is 0.376 e. The van der Waals surface area contributed by atoms with Crippen LogP contribution in [0.5, 0.6) is 0 Å². The van der Waals surface area contributed by atoms with E-state index in [0.29, 0.717) is 19.3 Å². The first-order valence-electron chi connectivity index (χ1n) is 9.32. The summed E-state index contributed by atoms with van der Waals surface area (Å²) in [4.78, 5) is 19.0. The molecule has 1 unspecified atom stereocenters. The van der Waals surface area contributed by atoms with Gasteiger partial charge in [-0.2, -0.15) is 0 Å². The van der Waals surface area contributed by atoms with Crippen LogP contribution in [0.3, 0.4) is 0 Å². The molecule has 1 aromatic rings. The number of hydrogen-bond acceptors (Lipinski definition) is 4. The molecular weight excluding hydrogens is 322 g/mol. The molecule has 2 amide bonds. The smallest absolute Gasteiger partial charge is 0.318 e. The van der Waals surface area contributed by atoms with Gasteiger partial charge in [0.1, 0.15) is 0 Å². The molecule has 2 aliphatic rings. The van der Waals surface area contributed by atoms with E-state index in [-0.39, 0.29) is 12.1 Å². The predicted octanol–water partition coefficient (Wildman–Crippen LogP) is 4.04. The van der Waals surface area contributed by atoms with Crippen molar-refractivity contribution in [1.29, 1.82) is 0 Å². The first-order chi connectivity index (χ1) is 11.7. The van der Waals surface area contributed by atoms with E-state index in [1.54, 1.807) is 11.3 Å². The third-order valence-corrected chi connectivity index (χ3v) is 5.82. The molecule has 1 atom stereocenters. The Kier molecular flexibility index (Phi) is 6.49. The summed E-state index contributed by atoms with van der Waals surface area (Å²) in [5, 5.41) is 6.17. The second kappa shape index (κ2) is 8.81. The van der Waals surface area contributed by atoms with Crippen LogP contribution in [0.4, 0.5) is 4.79 Å². The monoisotopic (exact) mass is 351 g/mol. The van der Waals surface area contributed by atoms with Crippen molar-refractivity contribution < 1.29 is 9.53 Å². The van der Waals surface area contributed by atoms with Crippen LogP contribution in [-0.4, -0.2) is 41.7 Å². The molecule has 24 heavy (non-hydrogen) atoms. The molecular formula is C18H29N3O2S. The Labute approximate surface area is 148 Å². The van der Waals surface area contributed by atoms with Crippen molar-refractivity contribution in [2.45, 2.75) is 70.4 Å². The van der Waals surface area contributed by atoms with Crippen molar-refractivity contribution in [3.8, 4) is 0 Å². The van der Waals surface area contributed by atoms with Crippen LogP contribution < -0.4 is 5.32 Å². The molecule has 1 aromatic heterocycles. The van der Waals surface area contributed by atoms with Crippen molar-refractivity contribution in [2.24, 2.45) is 0 Å². The number of carbonyl (C=O) groups is 1. The van der Waals surface area contributed by atoms with Crippen LogP contribution in [0.25, 0.3) is 0 Å². The minimum Gasteiger partial charge on any atom is -0.376 e. The molecule has 0 bridgehead atoms. The van der Waals surface area contributed by atoms with Gasteiger partial charge >= 0.3 is 6.03 Å². The fourth-order valence-electron chi connectivity index (χ4n) is 3.74. The summed E-state index contributed by atoms with van der Waals surface area (Å²) in [5.74, 6) is 0. The van der Waals surface area contributed by atoms with E-state index in [2.05, 4.69) is 15.7 Å². The number of aryl methyl sites for hydroxylation is 1. The minimum absolute atomic E-state index is 0.0209. The Hall–Kier alpha value is -1.14. The molecule has 0 aromatic carbocycles. The van der Waals surface area contributed by atoms with E-state index in [4.69, 9.17) is 4.74 Å². The van der Waals surface area contributed by atoms with Gasteiger partial charge in [0, 0.05) is 18.5 Å². The summed E-state index contributed by atoms with van der Waals surface area (Å²) in [5.41, 5.74) is 1.04. The van der Waals surface area contributed by atoms with E-state index in [0.717, 1.165) is 30.1 Å². The van der Waals surface area contributed by atoms with Gasteiger partial charge in [-0.15, -0.1) is 11.3 Å². The maximum atomic E-state index is 12.5. The van der Waals surface area contributed by atoms with Crippen molar-refractivity contribution in [2.75, 3.05) is 19.7 Å². The number of thiazole rings is 1. The zero-order valence-electron chi connectivity index (χ0n) is 14.6. The standard InChI is InChI=1S/C18H29N3O2S/c1-14-20-16(13-24-14)17-9-6-11-21(17)18(22)19-10-12-23-15-7-4-2-3-5-8-15/h13,15,17H,2-12H2,1H3,(H,19,22). The summed E-state index contributed by atoms with van der Waals surface area (Å²) < 4.78 is 5.95. The highest BCUT2D eigenvalue weighted by molar-refractivity contribution is 7.09. The number of aromatic nitrogens is 1. The lowest BCUT2D eigenvalue weighted by molar-refractivity contribution is 0.0454. The Morgan fingerprint density at radius 2 is 2.08 bits per heavy atom. The van der Waals surface area contributed by atoms with Gasteiger partial charge in [0.2, 0.25) is 0 Å². The first-order valence-corrected chi connectivity index (χ1v) is 10.2. The molecule has 1 saturated heterocycles. The summed E-state index contributed by atoms with van der Waals surface area (Å²) in [6.07, 6.45) is 10.0. The Balaban J connectivity index is 1.41. The summed E-state index contributed by atoms with van der Waals surface area (Å²) >= 11 is 1.65. The van der Waals surface area contributed by atoms with Crippen LogP contribution in [-0.2, 0) is 4.74 Å². The minimum atomic E-state index is 0.0209. The van der Waals surface area contributed by atoms with Gasteiger partial charge in [-0.1, -0.05) is 25.7 Å². The normalized spacial score (nSPS) is 22.5. The number of likely N-dealkylation sites (tertiary alicyclic amines) is 1. The molecule has 1 aliphatic carbocycles. The van der Waals surface area contributed by atoms with Crippen LogP contribution in [0.2, 0.25) is 0 Å². The van der Waals surface area contributed by atoms with E-state index in [1.807, 2.05) is 11.8 Å². The first kappa shape index (κ1) is 17.7. The van der Waals surface area contributed by atoms with Gasteiger partial charge in [-0.25, -0.2) is 9.78 Å².